The molecule has 0 atom stereocenters. The average molecular weight is 448 g/mol. The first-order valence-corrected chi connectivity index (χ1v) is 12.5. The highest BCUT2D eigenvalue weighted by Gasteiger charge is 2.28. The van der Waals surface area contributed by atoms with Gasteiger partial charge in [-0.25, -0.2) is 4.39 Å². The Hall–Kier alpha value is -2.69. The molecule has 3 aromatic rings. The summed E-state index contributed by atoms with van der Waals surface area (Å²) in [7, 11) is 0. The maximum Gasteiger partial charge on any atom is 0.222 e. The lowest BCUT2D eigenvalue weighted by molar-refractivity contribution is -0.132. The van der Waals surface area contributed by atoms with Gasteiger partial charge >= 0.3 is 0 Å². The fourth-order valence-electron chi connectivity index (χ4n) is 5.38. The molecule has 5 heteroatoms. The van der Waals surface area contributed by atoms with E-state index in [0.717, 1.165) is 62.1 Å². The molecule has 2 aromatic heterocycles. The van der Waals surface area contributed by atoms with E-state index in [1.165, 1.54) is 22.7 Å². The molecule has 1 N–H and O–H groups in total. The van der Waals surface area contributed by atoms with Crippen LogP contribution in [0.4, 0.5) is 4.39 Å². The minimum Gasteiger partial charge on any atom is -0.354 e. The molecule has 174 valence electrons. The van der Waals surface area contributed by atoms with Crippen molar-refractivity contribution >= 4 is 16.8 Å². The fourth-order valence-corrected chi connectivity index (χ4v) is 5.38. The van der Waals surface area contributed by atoms with Gasteiger partial charge in [-0.15, -0.1) is 0 Å². The first-order chi connectivity index (χ1) is 16.0. The normalized spacial score (nSPS) is 17.3. The number of pyridine rings is 1. The molecule has 0 spiro atoms. The lowest BCUT2D eigenvalue weighted by Crippen LogP contribution is -2.37. The van der Waals surface area contributed by atoms with E-state index in [9.17, 15) is 9.18 Å². The van der Waals surface area contributed by atoms with Crippen molar-refractivity contribution in [1.29, 1.82) is 0 Å². The number of halogens is 1. The van der Waals surface area contributed by atoms with Crippen LogP contribution in [0.2, 0.25) is 0 Å². The van der Waals surface area contributed by atoms with Gasteiger partial charge in [-0.05, 0) is 73.3 Å². The number of hydrogen-bond acceptors (Lipinski definition) is 2. The highest BCUT2D eigenvalue weighted by Crippen LogP contribution is 2.43. The van der Waals surface area contributed by atoms with Gasteiger partial charge in [0, 0.05) is 47.6 Å². The summed E-state index contributed by atoms with van der Waals surface area (Å²) in [5.41, 5.74) is 6.08. The van der Waals surface area contributed by atoms with Crippen LogP contribution in [0.25, 0.3) is 22.2 Å². The Kier molecular flexibility index (Phi) is 5.98. The zero-order valence-electron chi connectivity index (χ0n) is 20.0. The highest BCUT2D eigenvalue weighted by molar-refractivity contribution is 5.92. The number of likely N-dealkylation sites (tertiary alicyclic amines) is 1. The summed E-state index contributed by atoms with van der Waals surface area (Å²) in [5, 5.41) is 1.19. The monoisotopic (exact) mass is 447 g/mol. The minimum atomic E-state index is -0.266. The number of hydrogen-bond donors (Lipinski definition) is 1. The molecule has 2 aliphatic rings. The number of aromatic amines is 1. The number of nitrogens with one attached hydrogen (secondary N) is 1. The van der Waals surface area contributed by atoms with Gasteiger partial charge in [0.2, 0.25) is 5.91 Å². The molecule has 33 heavy (non-hydrogen) atoms. The summed E-state index contributed by atoms with van der Waals surface area (Å²) in [6.45, 7) is 8.09. The lowest BCUT2D eigenvalue weighted by atomic mass is 9.87. The summed E-state index contributed by atoms with van der Waals surface area (Å²) >= 11 is 0. The largest absolute Gasteiger partial charge is 0.354 e. The van der Waals surface area contributed by atoms with E-state index < -0.39 is 0 Å². The minimum absolute atomic E-state index is 0.259. The van der Waals surface area contributed by atoms with Crippen LogP contribution in [0.15, 0.2) is 30.5 Å². The van der Waals surface area contributed by atoms with Crippen molar-refractivity contribution in [3.63, 3.8) is 0 Å². The molecule has 1 amide bonds. The Morgan fingerprint density at radius 1 is 1.15 bits per heavy atom. The van der Waals surface area contributed by atoms with Crippen molar-refractivity contribution in [2.45, 2.75) is 77.0 Å². The zero-order valence-corrected chi connectivity index (χ0v) is 20.0. The lowest BCUT2D eigenvalue weighted by Gasteiger charge is -2.32. The van der Waals surface area contributed by atoms with Crippen LogP contribution in [0.1, 0.15) is 93.9 Å². The molecule has 3 heterocycles. The summed E-state index contributed by atoms with van der Waals surface area (Å²) in [4.78, 5) is 22.2. The topological polar surface area (TPSA) is 49.0 Å². The van der Waals surface area contributed by atoms with Gasteiger partial charge in [0.1, 0.15) is 0 Å². The molecule has 2 fully saturated rings. The second-order valence-corrected chi connectivity index (χ2v) is 10.1. The van der Waals surface area contributed by atoms with Crippen molar-refractivity contribution in [3.05, 3.63) is 53.1 Å². The Morgan fingerprint density at radius 2 is 1.91 bits per heavy atom. The fraction of sp³-hybridized carbons (Fsp3) is 0.500. The van der Waals surface area contributed by atoms with Gasteiger partial charge < -0.3 is 9.88 Å². The number of piperidine rings is 1. The Morgan fingerprint density at radius 3 is 2.58 bits per heavy atom. The van der Waals surface area contributed by atoms with E-state index in [1.807, 2.05) is 11.0 Å². The molecule has 0 radical (unpaired) electrons. The molecule has 0 bridgehead atoms. The van der Waals surface area contributed by atoms with E-state index >= 15 is 0 Å². The molecule has 1 aliphatic heterocycles. The Balaban J connectivity index is 1.48. The van der Waals surface area contributed by atoms with Crippen molar-refractivity contribution < 1.29 is 9.18 Å². The molecule has 1 aromatic carbocycles. The van der Waals surface area contributed by atoms with Gasteiger partial charge in [-0.1, -0.05) is 26.8 Å². The van der Waals surface area contributed by atoms with Crippen molar-refractivity contribution in [2.75, 3.05) is 13.1 Å². The predicted molar refractivity (Wildman–Crippen MR) is 131 cm³/mol. The summed E-state index contributed by atoms with van der Waals surface area (Å²) in [6, 6.07) is 8.61. The Bertz CT molecular complexity index is 1170. The van der Waals surface area contributed by atoms with Gasteiger partial charge in [0.15, 0.2) is 5.82 Å². The Labute approximate surface area is 195 Å². The molecule has 5 rings (SSSR count). The number of H-pyrrole nitrogens is 1. The SMILES string of the molecule is CCCC(=O)N1CCC(c2ccc3[nH]c(-c4cc(C5CC5)ncc4F)c(C(C)C)c3c2)CC1. The highest BCUT2D eigenvalue weighted by atomic mass is 19.1. The predicted octanol–water partition coefficient (Wildman–Crippen LogP) is 6.88. The number of benzene rings is 1. The van der Waals surface area contributed by atoms with Crippen LogP contribution >= 0.6 is 0 Å². The number of rotatable bonds is 6. The average Bonchev–Trinajstić information content (AvgIpc) is 3.59. The third kappa shape index (κ3) is 4.30. The molecular weight excluding hydrogens is 413 g/mol. The second-order valence-electron chi connectivity index (χ2n) is 10.1. The summed E-state index contributed by atoms with van der Waals surface area (Å²) in [5.74, 6) is 1.22. The second kappa shape index (κ2) is 8.92. The molecule has 1 aliphatic carbocycles. The smallest absolute Gasteiger partial charge is 0.222 e. The van der Waals surface area contributed by atoms with Gasteiger partial charge in [-0.2, -0.15) is 0 Å². The number of aromatic nitrogens is 2. The quantitative estimate of drug-likeness (QED) is 0.448. The maximum absolute atomic E-state index is 14.9. The van der Waals surface area contributed by atoms with E-state index in [1.54, 1.807) is 0 Å². The van der Waals surface area contributed by atoms with Crippen molar-refractivity contribution in [3.8, 4) is 11.3 Å². The van der Waals surface area contributed by atoms with Crippen LogP contribution in [0, 0.1) is 5.82 Å². The molecule has 0 unspecified atom stereocenters. The van der Waals surface area contributed by atoms with Gasteiger partial charge in [0.05, 0.1) is 11.9 Å². The van der Waals surface area contributed by atoms with Gasteiger partial charge in [0.25, 0.3) is 0 Å². The van der Waals surface area contributed by atoms with Crippen molar-refractivity contribution in [2.24, 2.45) is 0 Å². The van der Waals surface area contributed by atoms with Crippen LogP contribution in [-0.4, -0.2) is 33.9 Å². The number of carbonyl (C=O) groups is 1. The maximum atomic E-state index is 14.9. The van der Waals surface area contributed by atoms with E-state index in [2.05, 4.69) is 48.9 Å². The summed E-state index contributed by atoms with van der Waals surface area (Å²) in [6.07, 6.45) is 7.23. The van der Waals surface area contributed by atoms with Crippen LogP contribution in [0.5, 0.6) is 0 Å². The summed E-state index contributed by atoms with van der Waals surface area (Å²) < 4.78 is 14.9. The first kappa shape index (κ1) is 22.1. The molecule has 1 saturated heterocycles. The number of fused-ring (bicyclic) bond motifs is 1. The van der Waals surface area contributed by atoms with Crippen molar-refractivity contribution in [1.82, 2.24) is 14.9 Å². The van der Waals surface area contributed by atoms with E-state index in [4.69, 9.17) is 0 Å². The number of nitrogens with zero attached hydrogens (tertiary/aromatic N) is 2. The van der Waals surface area contributed by atoms with Gasteiger partial charge in [-0.3, -0.25) is 9.78 Å². The number of amides is 1. The molecule has 1 saturated carbocycles. The standard InChI is InChI=1S/C28H34FN3O/c1-4-5-26(33)32-12-10-18(11-13-32)20-8-9-24-22(14-20)27(17(2)3)28(31-24)21-15-25(19-6-7-19)30-16-23(21)29/h8-9,14-19,31H,4-7,10-13H2,1-3H3. The van der Waals surface area contributed by atoms with E-state index in [0.29, 0.717) is 23.8 Å². The third-order valence-corrected chi connectivity index (χ3v) is 7.36. The van der Waals surface area contributed by atoms with Crippen LogP contribution in [-0.2, 0) is 4.79 Å². The third-order valence-electron chi connectivity index (χ3n) is 7.36. The van der Waals surface area contributed by atoms with Crippen LogP contribution in [0.3, 0.4) is 0 Å². The molecular formula is C28H34FN3O. The van der Waals surface area contributed by atoms with Crippen LogP contribution < -0.4 is 0 Å². The first-order valence-electron chi connectivity index (χ1n) is 12.5. The number of carbonyl (C=O) groups excluding carboxylic acids is 1. The van der Waals surface area contributed by atoms with E-state index in [-0.39, 0.29) is 17.6 Å². The zero-order chi connectivity index (χ0) is 23.1. The molecule has 4 nitrogen and oxygen atoms in total.